The van der Waals surface area contributed by atoms with Gasteiger partial charge in [-0.3, -0.25) is 24.0 Å². The van der Waals surface area contributed by atoms with E-state index in [1.54, 1.807) is 0 Å². The van der Waals surface area contributed by atoms with Crippen LogP contribution < -0.4 is 15.4 Å². The first kappa shape index (κ1) is 33.9. The molecule has 0 saturated carbocycles. The molecule has 3 aliphatic rings. The maximum atomic E-state index is 13.8. The van der Waals surface area contributed by atoms with Crippen molar-refractivity contribution in [2.75, 3.05) is 20.8 Å². The molecule has 2 aromatic rings. The van der Waals surface area contributed by atoms with E-state index in [0.29, 0.717) is 0 Å². The Morgan fingerprint density at radius 1 is 1.04 bits per heavy atom. The number of hydrogen-bond acceptors (Lipinski definition) is 13. The first-order chi connectivity index (χ1) is 22.3. The number of fused-ring (bicyclic) bond motifs is 3. The van der Waals surface area contributed by atoms with Crippen LogP contribution in [-0.4, -0.2) is 106 Å². The summed E-state index contributed by atoms with van der Waals surface area (Å²) in [7, 11) is 2.73. The molecule has 47 heavy (non-hydrogen) atoms. The van der Waals surface area contributed by atoms with E-state index in [0.717, 1.165) is 0 Å². The molecule has 15 nitrogen and oxygen atoms in total. The number of phenolic OH excluding ortho intramolecular Hbond substituents is 2. The van der Waals surface area contributed by atoms with Crippen molar-refractivity contribution in [2.45, 2.75) is 75.3 Å². The number of ether oxygens (including phenoxy) is 3. The van der Waals surface area contributed by atoms with Gasteiger partial charge in [-0.2, -0.15) is 0 Å². The van der Waals surface area contributed by atoms with E-state index in [4.69, 9.17) is 14.2 Å². The van der Waals surface area contributed by atoms with Gasteiger partial charge in [0.05, 0.1) is 42.0 Å². The second-order valence-electron chi connectivity index (χ2n) is 11.8. The monoisotopic (exact) mass is 656 g/mol. The third-order valence-electron chi connectivity index (χ3n) is 8.96. The molecule has 2 aliphatic carbocycles. The van der Waals surface area contributed by atoms with E-state index in [9.17, 15) is 49.5 Å². The van der Waals surface area contributed by atoms with Crippen LogP contribution in [0.4, 0.5) is 0 Å². The van der Waals surface area contributed by atoms with E-state index in [1.165, 1.54) is 39.3 Å². The highest BCUT2D eigenvalue weighted by Crippen LogP contribution is 2.52. The minimum absolute atomic E-state index is 0.0605. The lowest BCUT2D eigenvalue weighted by atomic mass is 9.72. The van der Waals surface area contributed by atoms with Gasteiger partial charge < -0.3 is 50.4 Å². The predicted octanol–water partition coefficient (Wildman–Crippen LogP) is -0.315. The number of aliphatic hydroxyl groups is 3. The Balaban J connectivity index is 1.54. The van der Waals surface area contributed by atoms with E-state index in [-0.39, 0.29) is 53.2 Å². The van der Waals surface area contributed by atoms with Crippen LogP contribution in [0.3, 0.4) is 0 Å². The lowest BCUT2D eigenvalue weighted by molar-refractivity contribution is -0.249. The van der Waals surface area contributed by atoms with Gasteiger partial charge in [0.1, 0.15) is 35.6 Å². The number of benzene rings is 2. The van der Waals surface area contributed by atoms with E-state index in [2.05, 4.69) is 10.6 Å². The van der Waals surface area contributed by atoms with Gasteiger partial charge >= 0.3 is 0 Å². The van der Waals surface area contributed by atoms with Crippen molar-refractivity contribution in [3.05, 3.63) is 51.6 Å². The average molecular weight is 657 g/mol. The molecule has 7 N–H and O–H groups in total. The molecule has 0 spiro atoms. The molecule has 2 amide bonds. The van der Waals surface area contributed by atoms with Gasteiger partial charge in [-0.05, 0) is 13.0 Å². The fraction of sp³-hybridized carbons (Fsp3) is 0.469. The maximum absolute atomic E-state index is 13.8. The number of rotatable bonds is 9. The molecule has 252 valence electrons. The molecule has 5 rings (SSSR count). The minimum Gasteiger partial charge on any atom is -0.507 e. The lowest BCUT2D eigenvalue weighted by Crippen LogP contribution is -2.56. The second kappa shape index (κ2) is 13.0. The van der Waals surface area contributed by atoms with Gasteiger partial charge in [0.15, 0.2) is 17.9 Å². The van der Waals surface area contributed by atoms with Crippen LogP contribution in [0, 0.1) is 0 Å². The normalized spacial score (nSPS) is 26.5. The van der Waals surface area contributed by atoms with Gasteiger partial charge in [-0.1, -0.05) is 12.1 Å². The molecule has 6 atom stereocenters. The number of carbonyl (C=O) groups excluding carboxylic acids is 5. The number of aromatic hydroxyl groups is 2. The van der Waals surface area contributed by atoms with Gasteiger partial charge in [0, 0.05) is 55.8 Å². The SMILES string of the molecule is CNC(=O)CCC(=O)NC1CC(O[C@H]2C[C@](O)(C(=O)CO)Cc3c(O)c4c(c(O)c32)C(=O)c2c(OC)cccc2C4=O)OC(C)C1O. The highest BCUT2D eigenvalue weighted by Gasteiger charge is 2.50. The fourth-order valence-electron chi connectivity index (χ4n) is 6.49. The van der Waals surface area contributed by atoms with Crippen LogP contribution in [0.25, 0.3) is 0 Å². The lowest BCUT2D eigenvalue weighted by Gasteiger charge is -2.43. The number of Topliss-reactive ketones (excluding diaryl/α,β-unsaturated/α-hetero) is 1. The van der Waals surface area contributed by atoms with Gasteiger partial charge in [0.2, 0.25) is 17.6 Å². The minimum atomic E-state index is -2.33. The molecule has 0 bridgehead atoms. The Hall–Kier alpha value is -4.41. The zero-order valence-electron chi connectivity index (χ0n) is 25.9. The molecular weight excluding hydrogens is 620 g/mol. The molecule has 2 aromatic carbocycles. The summed E-state index contributed by atoms with van der Waals surface area (Å²) in [6.45, 7) is 0.438. The fourth-order valence-corrected chi connectivity index (χ4v) is 6.49. The van der Waals surface area contributed by atoms with Crippen LogP contribution in [0.15, 0.2) is 18.2 Å². The Bertz CT molecular complexity index is 1660. The third-order valence-corrected chi connectivity index (χ3v) is 8.96. The quantitative estimate of drug-likeness (QED) is 0.146. The van der Waals surface area contributed by atoms with Crippen LogP contribution in [0.1, 0.15) is 81.7 Å². The molecule has 0 aromatic heterocycles. The summed E-state index contributed by atoms with van der Waals surface area (Å²) in [5.74, 6) is -4.96. The second-order valence-corrected chi connectivity index (χ2v) is 11.8. The molecule has 1 saturated heterocycles. The number of methoxy groups -OCH3 is 1. The van der Waals surface area contributed by atoms with Gasteiger partial charge in [-0.15, -0.1) is 0 Å². The predicted molar refractivity (Wildman–Crippen MR) is 159 cm³/mol. The maximum Gasteiger partial charge on any atom is 0.220 e. The largest absolute Gasteiger partial charge is 0.507 e. The Kier molecular flexibility index (Phi) is 9.39. The number of hydrogen-bond donors (Lipinski definition) is 7. The highest BCUT2D eigenvalue weighted by molar-refractivity contribution is 6.31. The third kappa shape index (κ3) is 5.96. The molecule has 4 unspecified atom stereocenters. The summed E-state index contributed by atoms with van der Waals surface area (Å²) in [4.78, 5) is 64.4. The molecule has 1 heterocycles. The summed E-state index contributed by atoms with van der Waals surface area (Å²) in [5.41, 5.74) is -4.05. The topological polar surface area (TPSA) is 238 Å². The first-order valence-corrected chi connectivity index (χ1v) is 15.0. The number of carbonyl (C=O) groups is 5. The highest BCUT2D eigenvalue weighted by atomic mass is 16.7. The van der Waals surface area contributed by atoms with Crippen molar-refractivity contribution in [3.8, 4) is 17.2 Å². The van der Waals surface area contributed by atoms with Crippen LogP contribution >= 0.6 is 0 Å². The zero-order valence-corrected chi connectivity index (χ0v) is 25.9. The smallest absolute Gasteiger partial charge is 0.220 e. The van der Waals surface area contributed by atoms with Crippen molar-refractivity contribution < 1.29 is 63.7 Å². The molecular formula is C32H36N2O13. The van der Waals surface area contributed by atoms with Crippen LogP contribution in [0.5, 0.6) is 17.2 Å². The Morgan fingerprint density at radius 2 is 1.72 bits per heavy atom. The Labute approximate surface area is 268 Å². The molecule has 1 aliphatic heterocycles. The number of aliphatic hydroxyl groups excluding tert-OH is 2. The molecule has 1 fully saturated rings. The first-order valence-electron chi connectivity index (χ1n) is 15.0. The number of amides is 2. The van der Waals surface area contributed by atoms with Crippen molar-refractivity contribution >= 4 is 29.2 Å². The number of phenols is 2. The zero-order chi connectivity index (χ0) is 34.4. The summed E-state index contributed by atoms with van der Waals surface area (Å²) < 4.78 is 17.3. The van der Waals surface area contributed by atoms with Crippen LogP contribution in [-0.2, 0) is 30.3 Å². The van der Waals surface area contributed by atoms with Crippen molar-refractivity contribution in [3.63, 3.8) is 0 Å². The van der Waals surface area contributed by atoms with Crippen molar-refractivity contribution in [2.24, 2.45) is 0 Å². The molecule has 0 radical (unpaired) electrons. The summed E-state index contributed by atoms with van der Waals surface area (Å²) in [5, 5.41) is 60.0. The summed E-state index contributed by atoms with van der Waals surface area (Å²) >= 11 is 0. The average Bonchev–Trinajstić information content (AvgIpc) is 3.05. The summed E-state index contributed by atoms with van der Waals surface area (Å²) in [6.07, 6.45) is -6.39. The standard InChI is InChI=1S/C32H36N2O13/c1-13-27(39)16(34-21(38)8-7-20(37)33-2)9-22(46-13)47-18-11-32(44,19(36)12-35)10-15-24(18)31(43)26-25(29(15)41)28(40)14-5-4-6-17(45-3)23(14)30(26)42/h4-6,13,16,18,22,27,35,39,41,43-44H,7-12H2,1-3H3,(H,33,37)(H,34,38)/t13?,16?,18-,22?,27?,32-/m0/s1. The number of nitrogens with one attached hydrogen (secondary N) is 2. The van der Waals surface area contributed by atoms with Gasteiger partial charge in [-0.25, -0.2) is 0 Å². The van der Waals surface area contributed by atoms with Crippen molar-refractivity contribution in [1.29, 1.82) is 0 Å². The Morgan fingerprint density at radius 3 is 2.38 bits per heavy atom. The van der Waals surface area contributed by atoms with Crippen molar-refractivity contribution in [1.82, 2.24) is 10.6 Å². The molecule has 15 heteroatoms. The number of ketones is 3. The van der Waals surface area contributed by atoms with Gasteiger partial charge in [0.25, 0.3) is 0 Å². The van der Waals surface area contributed by atoms with E-state index < -0.39 is 102 Å². The van der Waals surface area contributed by atoms with E-state index in [1.807, 2.05) is 0 Å². The summed E-state index contributed by atoms with van der Waals surface area (Å²) in [6, 6.07) is 3.38. The van der Waals surface area contributed by atoms with Crippen LogP contribution in [0.2, 0.25) is 0 Å². The van der Waals surface area contributed by atoms with E-state index >= 15 is 0 Å².